The lowest BCUT2D eigenvalue weighted by molar-refractivity contribution is 0.0529. The molecule has 0 bridgehead atoms. The number of aryl methyl sites for hydroxylation is 2. The number of benzene rings is 1. The van der Waals surface area contributed by atoms with Crippen LogP contribution in [-0.2, 0) is 4.74 Å². The normalized spacial score (nSPS) is 10.6. The minimum atomic E-state index is -0.417. The number of carbonyl (C=O) groups excluding carboxylic acids is 2. The van der Waals surface area contributed by atoms with E-state index in [0.29, 0.717) is 16.1 Å². The van der Waals surface area contributed by atoms with Gasteiger partial charge in [0.05, 0.1) is 6.61 Å². The zero-order chi connectivity index (χ0) is 18.7. The van der Waals surface area contributed by atoms with Gasteiger partial charge in [-0.3, -0.25) is 4.79 Å². The Morgan fingerprint density at radius 2 is 1.96 bits per heavy atom. The van der Waals surface area contributed by atoms with E-state index in [4.69, 9.17) is 4.74 Å². The Kier molecular flexibility index (Phi) is 5.54. The minimum absolute atomic E-state index is 0.238. The molecule has 0 unspecified atom stereocenters. The van der Waals surface area contributed by atoms with Crippen LogP contribution in [0, 0.1) is 13.8 Å². The summed E-state index contributed by atoms with van der Waals surface area (Å²) in [6.45, 7) is 5.94. The topological polar surface area (TPSA) is 55.4 Å². The van der Waals surface area contributed by atoms with Crippen LogP contribution in [0.2, 0.25) is 0 Å². The molecule has 0 fully saturated rings. The maximum Gasteiger partial charge on any atom is 0.341 e. The molecule has 3 aromatic rings. The van der Waals surface area contributed by atoms with Crippen LogP contribution in [0.3, 0.4) is 0 Å². The summed E-state index contributed by atoms with van der Waals surface area (Å²) in [7, 11) is 0. The summed E-state index contributed by atoms with van der Waals surface area (Å²) in [6.07, 6.45) is 0. The van der Waals surface area contributed by atoms with Crippen molar-refractivity contribution in [2.24, 2.45) is 0 Å². The number of hydrogen-bond acceptors (Lipinski definition) is 5. The quantitative estimate of drug-likeness (QED) is 0.588. The number of hydrogen-bond donors (Lipinski definition) is 1. The number of amides is 1. The van der Waals surface area contributed by atoms with E-state index < -0.39 is 5.97 Å². The number of esters is 1. The number of nitrogens with one attached hydrogen (secondary N) is 1. The first-order valence-electron chi connectivity index (χ1n) is 8.23. The van der Waals surface area contributed by atoms with Crippen LogP contribution >= 0.6 is 22.7 Å². The SMILES string of the molecule is CCOC(=O)c1c(NC(=O)c2cccc(C)c2)sc(C)c1-c1cccs1. The van der Waals surface area contributed by atoms with Crippen LogP contribution in [0.15, 0.2) is 41.8 Å². The van der Waals surface area contributed by atoms with Crippen molar-refractivity contribution in [1.82, 2.24) is 0 Å². The highest BCUT2D eigenvalue weighted by molar-refractivity contribution is 7.18. The molecule has 0 spiro atoms. The van der Waals surface area contributed by atoms with Crippen molar-refractivity contribution in [3.63, 3.8) is 0 Å². The summed E-state index contributed by atoms with van der Waals surface area (Å²) in [6, 6.07) is 11.3. The molecule has 6 heteroatoms. The van der Waals surface area contributed by atoms with Gasteiger partial charge in [-0.05, 0) is 44.4 Å². The van der Waals surface area contributed by atoms with Crippen molar-refractivity contribution >= 4 is 39.6 Å². The first-order chi connectivity index (χ1) is 12.5. The Labute approximate surface area is 160 Å². The Balaban J connectivity index is 2.02. The van der Waals surface area contributed by atoms with E-state index in [2.05, 4.69) is 5.32 Å². The van der Waals surface area contributed by atoms with Crippen LogP contribution in [0.5, 0.6) is 0 Å². The molecule has 2 heterocycles. The van der Waals surface area contributed by atoms with Gasteiger partial charge in [0.25, 0.3) is 5.91 Å². The average Bonchev–Trinajstić information content (AvgIpc) is 3.22. The van der Waals surface area contributed by atoms with Crippen molar-refractivity contribution in [1.29, 1.82) is 0 Å². The van der Waals surface area contributed by atoms with Gasteiger partial charge >= 0.3 is 5.97 Å². The highest BCUT2D eigenvalue weighted by Gasteiger charge is 2.26. The predicted octanol–water partition coefficient (Wildman–Crippen LogP) is 5.52. The van der Waals surface area contributed by atoms with E-state index in [1.54, 1.807) is 24.3 Å². The van der Waals surface area contributed by atoms with E-state index in [1.165, 1.54) is 11.3 Å². The second-order valence-electron chi connectivity index (χ2n) is 5.76. The summed E-state index contributed by atoms with van der Waals surface area (Å²) < 4.78 is 5.25. The van der Waals surface area contributed by atoms with E-state index in [1.807, 2.05) is 49.6 Å². The number of carbonyl (C=O) groups is 2. The van der Waals surface area contributed by atoms with Gasteiger partial charge in [0, 0.05) is 20.9 Å². The first-order valence-corrected chi connectivity index (χ1v) is 9.93. The fraction of sp³-hybridized carbons (Fsp3) is 0.200. The molecule has 4 nitrogen and oxygen atoms in total. The van der Waals surface area contributed by atoms with E-state index in [-0.39, 0.29) is 12.5 Å². The maximum atomic E-state index is 12.7. The van der Waals surface area contributed by atoms with Gasteiger partial charge in [-0.1, -0.05) is 23.8 Å². The smallest absolute Gasteiger partial charge is 0.341 e. The van der Waals surface area contributed by atoms with E-state index in [9.17, 15) is 9.59 Å². The van der Waals surface area contributed by atoms with E-state index >= 15 is 0 Å². The standard InChI is InChI=1S/C20H19NO3S2/c1-4-24-20(23)17-16(15-9-6-10-25-15)13(3)26-19(17)21-18(22)14-8-5-7-12(2)11-14/h5-11H,4H2,1-3H3,(H,21,22). The van der Waals surface area contributed by atoms with Gasteiger partial charge in [0.2, 0.25) is 0 Å². The van der Waals surface area contributed by atoms with Crippen LogP contribution in [0.4, 0.5) is 5.00 Å². The van der Waals surface area contributed by atoms with Crippen molar-refractivity contribution in [2.75, 3.05) is 11.9 Å². The first kappa shape index (κ1) is 18.4. The summed E-state index contributed by atoms with van der Waals surface area (Å²) in [5.41, 5.74) is 2.83. The molecule has 0 aliphatic carbocycles. The molecular formula is C20H19NO3S2. The highest BCUT2D eigenvalue weighted by atomic mass is 32.1. The molecule has 0 saturated heterocycles. The molecule has 134 valence electrons. The van der Waals surface area contributed by atoms with Crippen molar-refractivity contribution in [3.8, 4) is 10.4 Å². The number of thiophene rings is 2. The molecule has 0 radical (unpaired) electrons. The lowest BCUT2D eigenvalue weighted by atomic mass is 10.1. The molecule has 0 atom stereocenters. The Hall–Kier alpha value is -2.44. The van der Waals surface area contributed by atoms with E-state index in [0.717, 1.165) is 20.9 Å². The predicted molar refractivity (Wildman–Crippen MR) is 107 cm³/mol. The highest BCUT2D eigenvalue weighted by Crippen LogP contribution is 2.42. The monoisotopic (exact) mass is 385 g/mol. The molecule has 2 aromatic heterocycles. The fourth-order valence-corrected chi connectivity index (χ4v) is 4.66. The number of anilines is 1. The molecule has 1 aromatic carbocycles. The van der Waals surface area contributed by atoms with Gasteiger partial charge in [0.1, 0.15) is 10.6 Å². The molecule has 0 aliphatic rings. The van der Waals surface area contributed by atoms with Crippen LogP contribution in [-0.4, -0.2) is 18.5 Å². The third-order valence-electron chi connectivity index (χ3n) is 3.84. The Morgan fingerprint density at radius 1 is 1.15 bits per heavy atom. The van der Waals surface area contributed by atoms with Crippen molar-refractivity contribution in [3.05, 3.63) is 63.3 Å². The molecular weight excluding hydrogens is 366 g/mol. The summed E-state index contributed by atoms with van der Waals surface area (Å²) in [5.74, 6) is -0.655. The molecule has 0 saturated carbocycles. The van der Waals surface area contributed by atoms with Gasteiger partial charge < -0.3 is 10.1 Å². The molecule has 1 N–H and O–H groups in total. The van der Waals surface area contributed by atoms with Crippen LogP contribution in [0.25, 0.3) is 10.4 Å². The van der Waals surface area contributed by atoms with Gasteiger partial charge in [-0.25, -0.2) is 4.79 Å². The number of rotatable bonds is 5. The molecule has 0 aliphatic heterocycles. The summed E-state index contributed by atoms with van der Waals surface area (Å²) in [4.78, 5) is 27.2. The third-order valence-corrected chi connectivity index (χ3v) is 5.75. The van der Waals surface area contributed by atoms with Gasteiger partial charge in [-0.2, -0.15) is 0 Å². The summed E-state index contributed by atoms with van der Waals surface area (Å²) >= 11 is 2.95. The minimum Gasteiger partial charge on any atom is -0.462 e. The molecule has 26 heavy (non-hydrogen) atoms. The zero-order valence-corrected chi connectivity index (χ0v) is 16.4. The largest absolute Gasteiger partial charge is 0.462 e. The van der Waals surface area contributed by atoms with Crippen LogP contribution in [0.1, 0.15) is 38.1 Å². The lowest BCUT2D eigenvalue weighted by Crippen LogP contribution is -2.14. The Bertz CT molecular complexity index is 942. The van der Waals surface area contributed by atoms with Crippen LogP contribution < -0.4 is 5.32 Å². The van der Waals surface area contributed by atoms with Crippen molar-refractivity contribution in [2.45, 2.75) is 20.8 Å². The second kappa shape index (κ2) is 7.85. The van der Waals surface area contributed by atoms with Crippen molar-refractivity contribution < 1.29 is 14.3 Å². The molecule has 1 amide bonds. The average molecular weight is 386 g/mol. The molecule has 3 rings (SSSR count). The lowest BCUT2D eigenvalue weighted by Gasteiger charge is -2.08. The summed E-state index contributed by atoms with van der Waals surface area (Å²) in [5, 5.41) is 5.39. The number of ether oxygens (including phenoxy) is 1. The zero-order valence-electron chi connectivity index (χ0n) is 14.8. The van der Waals surface area contributed by atoms with Gasteiger partial charge in [-0.15, -0.1) is 22.7 Å². The second-order valence-corrected chi connectivity index (χ2v) is 7.93. The van der Waals surface area contributed by atoms with Gasteiger partial charge in [0.15, 0.2) is 0 Å². The Morgan fingerprint density at radius 3 is 2.62 bits per heavy atom. The maximum absolute atomic E-state index is 12.7. The fourth-order valence-electron chi connectivity index (χ4n) is 2.71. The third kappa shape index (κ3) is 3.71.